The molecule has 0 radical (unpaired) electrons. The summed E-state index contributed by atoms with van der Waals surface area (Å²) >= 11 is 0. The second kappa shape index (κ2) is 4.24. The molecule has 0 saturated heterocycles. The van der Waals surface area contributed by atoms with E-state index >= 15 is 0 Å². The number of methoxy groups -OCH3 is 1. The van der Waals surface area contributed by atoms with Gasteiger partial charge >= 0.3 is 16.5 Å². The van der Waals surface area contributed by atoms with Crippen LogP contribution in [0.3, 0.4) is 0 Å². The first-order valence-corrected chi connectivity index (χ1v) is 3.92. The normalized spacial score (nSPS) is 11.1. The van der Waals surface area contributed by atoms with Gasteiger partial charge in [-0.25, -0.2) is 4.18 Å². The zero-order valence-electron chi connectivity index (χ0n) is 5.74. The van der Waals surface area contributed by atoms with Crippen LogP contribution in [-0.2, 0) is 24.2 Å². The van der Waals surface area contributed by atoms with Crippen LogP contribution in [0.1, 0.15) is 6.42 Å². The topological polar surface area (TPSA) is 69.7 Å². The molecule has 0 spiro atoms. The zero-order valence-corrected chi connectivity index (χ0v) is 6.56. The van der Waals surface area contributed by atoms with Crippen molar-refractivity contribution in [2.45, 2.75) is 6.42 Å². The number of ether oxygens (including phenoxy) is 1. The third-order valence-electron chi connectivity index (χ3n) is 0.758. The van der Waals surface area contributed by atoms with E-state index in [-0.39, 0.29) is 6.42 Å². The molecule has 5 nitrogen and oxygen atoms in total. The monoisotopic (exact) mass is 186 g/mol. The van der Waals surface area contributed by atoms with Crippen LogP contribution in [0.5, 0.6) is 0 Å². The standard InChI is InChI=1S/C4H7FO5S/c1-9-4(6)2-3-10-11(5,7)8/h2-3H2,1H3. The van der Waals surface area contributed by atoms with Crippen molar-refractivity contribution in [1.29, 1.82) is 0 Å². The highest BCUT2D eigenvalue weighted by molar-refractivity contribution is 7.81. The van der Waals surface area contributed by atoms with Crippen molar-refractivity contribution in [2.75, 3.05) is 13.7 Å². The molecule has 0 bridgehead atoms. The SMILES string of the molecule is COC(=O)CCOS(=O)(=O)F. The van der Waals surface area contributed by atoms with Crippen LogP contribution < -0.4 is 0 Å². The highest BCUT2D eigenvalue weighted by atomic mass is 32.3. The lowest BCUT2D eigenvalue weighted by Crippen LogP contribution is -2.07. The molecule has 0 aliphatic rings. The van der Waals surface area contributed by atoms with Crippen LogP contribution in [0.25, 0.3) is 0 Å². The molecule has 66 valence electrons. The second-order valence-corrected chi connectivity index (χ2v) is 2.56. The van der Waals surface area contributed by atoms with Gasteiger partial charge < -0.3 is 4.74 Å². The van der Waals surface area contributed by atoms with Gasteiger partial charge in [-0.1, -0.05) is 3.89 Å². The molecular formula is C4H7FO5S. The van der Waals surface area contributed by atoms with Gasteiger partial charge in [-0.05, 0) is 0 Å². The van der Waals surface area contributed by atoms with E-state index in [1.807, 2.05) is 0 Å². The summed E-state index contributed by atoms with van der Waals surface area (Å²) in [5.41, 5.74) is 0. The molecule has 0 aliphatic carbocycles. The Morgan fingerprint density at radius 2 is 2.09 bits per heavy atom. The van der Waals surface area contributed by atoms with Gasteiger partial charge in [-0.2, -0.15) is 8.42 Å². The predicted octanol–water partition coefficient (Wildman–Crippen LogP) is -0.220. The lowest BCUT2D eigenvalue weighted by molar-refractivity contribution is -0.141. The van der Waals surface area contributed by atoms with Gasteiger partial charge in [0, 0.05) is 0 Å². The van der Waals surface area contributed by atoms with E-state index in [0.29, 0.717) is 0 Å². The summed E-state index contributed by atoms with van der Waals surface area (Å²) in [4.78, 5) is 10.3. The van der Waals surface area contributed by atoms with Gasteiger partial charge in [0.1, 0.15) is 0 Å². The Morgan fingerprint density at radius 3 is 2.45 bits per heavy atom. The van der Waals surface area contributed by atoms with Crippen molar-refractivity contribution in [3.05, 3.63) is 0 Å². The van der Waals surface area contributed by atoms with Crippen molar-refractivity contribution in [3.63, 3.8) is 0 Å². The highest BCUT2D eigenvalue weighted by Crippen LogP contribution is 1.95. The number of carbonyl (C=O) groups is 1. The average molecular weight is 186 g/mol. The smallest absolute Gasteiger partial charge is 0.437 e. The molecule has 0 aromatic carbocycles. The number of rotatable bonds is 4. The fourth-order valence-corrected chi connectivity index (χ4v) is 0.609. The molecule has 0 aliphatic heterocycles. The van der Waals surface area contributed by atoms with E-state index in [4.69, 9.17) is 0 Å². The Bertz CT molecular complexity index is 221. The first-order valence-electron chi connectivity index (χ1n) is 2.61. The fourth-order valence-electron chi connectivity index (χ4n) is 0.327. The lowest BCUT2D eigenvalue weighted by atomic mass is 10.5. The Balaban J connectivity index is 3.51. The van der Waals surface area contributed by atoms with Gasteiger partial charge in [0.15, 0.2) is 0 Å². The van der Waals surface area contributed by atoms with Gasteiger partial charge in [-0.3, -0.25) is 4.79 Å². The summed E-state index contributed by atoms with van der Waals surface area (Å²) in [5.74, 6) is -0.659. The predicted molar refractivity (Wildman–Crippen MR) is 32.6 cm³/mol. The summed E-state index contributed by atoms with van der Waals surface area (Å²) < 4.78 is 38.6. The third kappa shape index (κ3) is 7.20. The molecule has 0 N–H and O–H groups in total. The van der Waals surface area contributed by atoms with Gasteiger partial charge in [0.25, 0.3) is 0 Å². The molecule has 0 heterocycles. The van der Waals surface area contributed by atoms with E-state index in [2.05, 4.69) is 8.92 Å². The quantitative estimate of drug-likeness (QED) is 0.448. The van der Waals surface area contributed by atoms with Gasteiger partial charge in [0.05, 0.1) is 20.1 Å². The van der Waals surface area contributed by atoms with Crippen molar-refractivity contribution in [2.24, 2.45) is 0 Å². The molecule has 0 atom stereocenters. The Kier molecular flexibility index (Phi) is 3.98. The first-order chi connectivity index (χ1) is 4.95. The lowest BCUT2D eigenvalue weighted by Gasteiger charge is -1.96. The molecular weight excluding hydrogens is 179 g/mol. The van der Waals surface area contributed by atoms with Crippen molar-refractivity contribution >= 4 is 16.5 Å². The number of carbonyl (C=O) groups excluding carboxylic acids is 1. The second-order valence-electron chi connectivity index (χ2n) is 1.54. The number of hydrogen-bond acceptors (Lipinski definition) is 5. The maximum absolute atomic E-state index is 11.5. The Morgan fingerprint density at radius 1 is 1.55 bits per heavy atom. The van der Waals surface area contributed by atoms with Crippen LogP contribution in [-0.4, -0.2) is 28.1 Å². The van der Waals surface area contributed by atoms with Crippen LogP contribution in [0.15, 0.2) is 0 Å². The molecule has 0 saturated carbocycles. The minimum absolute atomic E-state index is 0.292. The zero-order chi connectivity index (χ0) is 8.91. The molecule has 0 amide bonds. The maximum atomic E-state index is 11.5. The van der Waals surface area contributed by atoms with Crippen LogP contribution in [0, 0.1) is 0 Å². The number of halogens is 1. The molecule has 0 rings (SSSR count). The highest BCUT2D eigenvalue weighted by Gasteiger charge is 2.08. The average Bonchev–Trinajstić information content (AvgIpc) is 1.85. The summed E-state index contributed by atoms with van der Waals surface area (Å²) in [6.45, 7) is -0.536. The Hall–Kier alpha value is -0.690. The number of esters is 1. The molecule has 0 aromatic heterocycles. The maximum Gasteiger partial charge on any atom is 0.437 e. The molecule has 0 fully saturated rings. The largest absolute Gasteiger partial charge is 0.469 e. The summed E-state index contributed by atoms with van der Waals surface area (Å²) in [6, 6.07) is 0. The minimum atomic E-state index is -4.94. The molecule has 7 heteroatoms. The number of hydrogen-bond donors (Lipinski definition) is 0. The van der Waals surface area contributed by atoms with E-state index in [1.54, 1.807) is 0 Å². The van der Waals surface area contributed by atoms with Crippen molar-refractivity contribution in [1.82, 2.24) is 0 Å². The van der Waals surface area contributed by atoms with E-state index < -0.39 is 23.1 Å². The summed E-state index contributed by atoms with van der Waals surface area (Å²) in [7, 11) is -3.80. The van der Waals surface area contributed by atoms with Gasteiger partial charge in [-0.15, -0.1) is 0 Å². The van der Waals surface area contributed by atoms with Crippen molar-refractivity contribution < 1.29 is 26.0 Å². The third-order valence-corrected chi connectivity index (χ3v) is 1.21. The minimum Gasteiger partial charge on any atom is -0.469 e. The van der Waals surface area contributed by atoms with E-state index in [1.165, 1.54) is 0 Å². The van der Waals surface area contributed by atoms with Crippen LogP contribution >= 0.6 is 0 Å². The van der Waals surface area contributed by atoms with Crippen LogP contribution in [0.4, 0.5) is 3.89 Å². The summed E-state index contributed by atoms with van der Waals surface area (Å²) in [5, 5.41) is 0. The first kappa shape index (κ1) is 10.3. The van der Waals surface area contributed by atoms with Gasteiger partial charge in [0.2, 0.25) is 0 Å². The fraction of sp³-hybridized carbons (Fsp3) is 0.750. The molecule has 0 aromatic rings. The molecule has 0 unspecified atom stereocenters. The van der Waals surface area contributed by atoms with Crippen LogP contribution in [0.2, 0.25) is 0 Å². The summed E-state index contributed by atoms with van der Waals surface area (Å²) in [6.07, 6.45) is -0.292. The van der Waals surface area contributed by atoms with E-state index in [9.17, 15) is 17.1 Å². The van der Waals surface area contributed by atoms with Crippen molar-refractivity contribution in [3.8, 4) is 0 Å². The molecule has 11 heavy (non-hydrogen) atoms. The Labute approximate surface area is 63.5 Å². The van der Waals surface area contributed by atoms with E-state index in [0.717, 1.165) is 7.11 Å².